The molecule has 3 unspecified atom stereocenters. The van der Waals surface area contributed by atoms with Crippen LogP contribution < -0.4 is 5.32 Å². The summed E-state index contributed by atoms with van der Waals surface area (Å²) in [7, 11) is 1.95. The fraction of sp³-hybridized carbons (Fsp3) is 0.625. The second kappa shape index (κ2) is 6.45. The Balaban J connectivity index is 1.80. The van der Waals surface area contributed by atoms with Gasteiger partial charge in [0.05, 0.1) is 10.6 Å². The molecule has 2 aliphatic heterocycles. The summed E-state index contributed by atoms with van der Waals surface area (Å²) in [5.74, 6) is 2.41. The predicted molar refractivity (Wildman–Crippen MR) is 86.6 cm³/mol. The van der Waals surface area contributed by atoms with Crippen LogP contribution in [0.4, 0.5) is 4.39 Å². The van der Waals surface area contributed by atoms with E-state index in [4.69, 9.17) is 16.3 Å². The van der Waals surface area contributed by atoms with Gasteiger partial charge < -0.3 is 10.1 Å². The van der Waals surface area contributed by atoms with Crippen LogP contribution in [0.3, 0.4) is 0 Å². The first-order valence-electron chi connectivity index (χ1n) is 7.47. The lowest BCUT2D eigenvalue weighted by Crippen LogP contribution is -2.43. The summed E-state index contributed by atoms with van der Waals surface area (Å²) in [6, 6.07) is 5.30. The molecule has 0 saturated carbocycles. The van der Waals surface area contributed by atoms with Crippen LogP contribution in [0.25, 0.3) is 0 Å². The Morgan fingerprint density at radius 1 is 1.52 bits per heavy atom. The number of hydrogen-bond acceptors (Lipinski definition) is 3. The molecule has 2 saturated heterocycles. The van der Waals surface area contributed by atoms with Gasteiger partial charge in [0.2, 0.25) is 0 Å². The van der Waals surface area contributed by atoms with Crippen molar-refractivity contribution in [1.29, 1.82) is 0 Å². The van der Waals surface area contributed by atoms with E-state index in [0.29, 0.717) is 5.92 Å². The third-order valence-corrected chi connectivity index (χ3v) is 6.21. The van der Waals surface area contributed by atoms with Crippen LogP contribution in [-0.2, 0) is 4.74 Å². The highest BCUT2D eigenvalue weighted by Gasteiger charge is 2.42. The van der Waals surface area contributed by atoms with E-state index in [2.05, 4.69) is 5.32 Å². The molecule has 2 nitrogen and oxygen atoms in total. The Morgan fingerprint density at radius 2 is 2.38 bits per heavy atom. The molecule has 0 aromatic heterocycles. The molecule has 2 heterocycles. The molecule has 1 aromatic rings. The molecule has 3 atom stereocenters. The lowest BCUT2D eigenvalue weighted by atomic mass is 9.79. The zero-order valence-corrected chi connectivity index (χ0v) is 13.8. The average Bonchev–Trinajstić information content (AvgIpc) is 2.91. The molecule has 2 aliphatic rings. The van der Waals surface area contributed by atoms with Gasteiger partial charge in [-0.2, -0.15) is 11.8 Å². The van der Waals surface area contributed by atoms with Crippen molar-refractivity contribution in [2.24, 2.45) is 5.92 Å². The number of thioether (sulfide) groups is 1. The second-order valence-corrected chi connectivity index (χ2v) is 7.54. The standard InChI is InChI=1S/C16H21ClFNOS/c1-19-15(11-2-3-13(17)14(18)8-11)12-4-6-20-16(9-12)5-7-21-10-16/h2-3,8,12,15,19H,4-7,9-10H2,1H3. The van der Waals surface area contributed by atoms with Crippen molar-refractivity contribution in [1.82, 2.24) is 5.32 Å². The van der Waals surface area contributed by atoms with E-state index in [1.54, 1.807) is 12.1 Å². The molecule has 0 radical (unpaired) electrons. The van der Waals surface area contributed by atoms with Crippen molar-refractivity contribution in [2.45, 2.75) is 30.9 Å². The summed E-state index contributed by atoms with van der Waals surface area (Å²) in [6.45, 7) is 0.805. The highest BCUT2D eigenvalue weighted by molar-refractivity contribution is 7.99. The topological polar surface area (TPSA) is 21.3 Å². The molecular formula is C16H21ClFNOS. The quantitative estimate of drug-likeness (QED) is 0.904. The van der Waals surface area contributed by atoms with E-state index in [9.17, 15) is 4.39 Å². The predicted octanol–water partition coefficient (Wildman–Crippen LogP) is 4.04. The summed E-state index contributed by atoms with van der Waals surface area (Å²) in [5, 5.41) is 3.55. The van der Waals surface area contributed by atoms with Crippen molar-refractivity contribution < 1.29 is 9.13 Å². The van der Waals surface area contributed by atoms with Gasteiger partial charge in [-0.05, 0) is 55.7 Å². The minimum atomic E-state index is -0.340. The maximum absolute atomic E-state index is 13.7. The maximum atomic E-state index is 13.7. The Kier molecular flexibility index (Phi) is 4.79. The smallest absolute Gasteiger partial charge is 0.142 e. The fourth-order valence-electron chi connectivity index (χ4n) is 3.59. The maximum Gasteiger partial charge on any atom is 0.142 e. The Morgan fingerprint density at radius 3 is 3.05 bits per heavy atom. The van der Waals surface area contributed by atoms with Gasteiger partial charge in [-0.25, -0.2) is 4.39 Å². The van der Waals surface area contributed by atoms with Crippen molar-refractivity contribution in [3.8, 4) is 0 Å². The molecule has 5 heteroatoms. The lowest BCUT2D eigenvalue weighted by Gasteiger charge is -2.41. The van der Waals surface area contributed by atoms with Crippen LogP contribution in [0.15, 0.2) is 18.2 Å². The highest BCUT2D eigenvalue weighted by Crippen LogP contribution is 2.44. The molecule has 0 amide bonds. The van der Waals surface area contributed by atoms with Crippen LogP contribution in [0, 0.1) is 11.7 Å². The summed E-state index contributed by atoms with van der Waals surface area (Å²) >= 11 is 7.77. The highest BCUT2D eigenvalue weighted by atomic mass is 35.5. The summed E-state index contributed by atoms with van der Waals surface area (Å²) < 4.78 is 19.8. The van der Waals surface area contributed by atoms with E-state index >= 15 is 0 Å². The Hall–Kier alpha value is -0.290. The van der Waals surface area contributed by atoms with Gasteiger partial charge in [0.25, 0.3) is 0 Å². The van der Waals surface area contributed by atoms with Crippen LogP contribution in [0.1, 0.15) is 30.9 Å². The molecule has 1 aromatic carbocycles. The fourth-order valence-corrected chi connectivity index (χ4v) is 5.09. The lowest BCUT2D eigenvalue weighted by molar-refractivity contribution is -0.0850. The Bertz CT molecular complexity index is 507. The molecule has 0 bridgehead atoms. The number of benzene rings is 1. The Labute approximate surface area is 134 Å². The van der Waals surface area contributed by atoms with Crippen molar-refractivity contribution in [2.75, 3.05) is 25.2 Å². The van der Waals surface area contributed by atoms with E-state index in [1.807, 2.05) is 24.9 Å². The van der Waals surface area contributed by atoms with Gasteiger partial charge in [-0.15, -0.1) is 0 Å². The second-order valence-electron chi connectivity index (χ2n) is 6.03. The molecule has 116 valence electrons. The molecule has 1 spiro atoms. The molecular weight excluding hydrogens is 309 g/mol. The third kappa shape index (κ3) is 3.24. The van der Waals surface area contributed by atoms with Crippen LogP contribution >= 0.6 is 23.4 Å². The number of rotatable bonds is 3. The first-order chi connectivity index (χ1) is 10.1. The normalized spacial score (nSPS) is 30.7. The number of nitrogens with one attached hydrogen (secondary N) is 1. The third-order valence-electron chi connectivity index (χ3n) is 4.68. The average molecular weight is 330 g/mol. The monoisotopic (exact) mass is 329 g/mol. The number of halogens is 2. The van der Waals surface area contributed by atoms with Crippen molar-refractivity contribution >= 4 is 23.4 Å². The van der Waals surface area contributed by atoms with Gasteiger partial charge in [-0.1, -0.05) is 17.7 Å². The van der Waals surface area contributed by atoms with Crippen molar-refractivity contribution in [3.05, 3.63) is 34.6 Å². The minimum absolute atomic E-state index is 0.0493. The number of hydrogen-bond donors (Lipinski definition) is 1. The zero-order valence-electron chi connectivity index (χ0n) is 12.2. The summed E-state index contributed by atoms with van der Waals surface area (Å²) in [4.78, 5) is 0. The molecule has 0 aliphatic carbocycles. The summed E-state index contributed by atoms with van der Waals surface area (Å²) in [5.41, 5.74) is 1.03. The van der Waals surface area contributed by atoms with Crippen LogP contribution in [-0.4, -0.2) is 30.8 Å². The SMILES string of the molecule is CNC(c1ccc(Cl)c(F)c1)C1CCOC2(CCSC2)C1. The minimum Gasteiger partial charge on any atom is -0.374 e. The van der Waals surface area contributed by atoms with Crippen molar-refractivity contribution in [3.63, 3.8) is 0 Å². The van der Waals surface area contributed by atoms with E-state index in [0.717, 1.165) is 37.2 Å². The van der Waals surface area contributed by atoms with Crippen LogP contribution in [0.5, 0.6) is 0 Å². The van der Waals surface area contributed by atoms with E-state index < -0.39 is 0 Å². The zero-order chi connectivity index (χ0) is 14.9. The van der Waals surface area contributed by atoms with Gasteiger partial charge in [0.15, 0.2) is 0 Å². The molecule has 2 fully saturated rings. The van der Waals surface area contributed by atoms with E-state index in [-0.39, 0.29) is 22.5 Å². The van der Waals surface area contributed by atoms with E-state index in [1.165, 1.54) is 5.75 Å². The first kappa shape index (κ1) is 15.6. The number of ether oxygens (including phenoxy) is 1. The van der Waals surface area contributed by atoms with Gasteiger partial charge >= 0.3 is 0 Å². The largest absolute Gasteiger partial charge is 0.374 e. The van der Waals surface area contributed by atoms with Gasteiger partial charge in [0, 0.05) is 18.4 Å². The first-order valence-corrected chi connectivity index (χ1v) is 9.01. The van der Waals surface area contributed by atoms with Crippen LogP contribution in [0.2, 0.25) is 5.02 Å². The van der Waals surface area contributed by atoms with Gasteiger partial charge in [-0.3, -0.25) is 0 Å². The summed E-state index contributed by atoms with van der Waals surface area (Å²) in [6.07, 6.45) is 3.21. The van der Waals surface area contributed by atoms with Gasteiger partial charge in [0.1, 0.15) is 5.82 Å². The molecule has 3 rings (SSSR count). The molecule has 1 N–H and O–H groups in total. The molecule has 21 heavy (non-hydrogen) atoms.